The smallest absolute Gasteiger partial charge is 0.194 e. The van der Waals surface area contributed by atoms with Gasteiger partial charge in [0.2, 0.25) is 0 Å². The van der Waals surface area contributed by atoms with Crippen LogP contribution in [0.3, 0.4) is 0 Å². The second-order valence-electron chi connectivity index (χ2n) is 6.60. The fraction of sp³-hybridized carbons (Fsp3) is 0.588. The Morgan fingerprint density at radius 3 is 2.58 bits per heavy atom. The number of guanidine groups is 1. The van der Waals surface area contributed by atoms with Crippen molar-refractivity contribution >= 4 is 15.8 Å². The van der Waals surface area contributed by atoms with Gasteiger partial charge in [-0.05, 0) is 31.9 Å². The molecular formula is C17H27N3O3S. The molecular weight excluding hydrogens is 326 g/mol. The molecule has 1 fully saturated rings. The van der Waals surface area contributed by atoms with E-state index in [-0.39, 0.29) is 12.4 Å². The van der Waals surface area contributed by atoms with Gasteiger partial charge in [-0.25, -0.2) is 13.4 Å². The molecule has 2 rings (SSSR count). The molecule has 7 heteroatoms. The van der Waals surface area contributed by atoms with Gasteiger partial charge in [-0.15, -0.1) is 0 Å². The molecule has 0 aliphatic carbocycles. The van der Waals surface area contributed by atoms with E-state index in [1.54, 1.807) is 13.8 Å². The van der Waals surface area contributed by atoms with Crippen LogP contribution >= 0.6 is 0 Å². The third kappa shape index (κ3) is 4.08. The molecule has 24 heavy (non-hydrogen) atoms. The number of sulfone groups is 1. The van der Waals surface area contributed by atoms with E-state index in [1.165, 1.54) is 0 Å². The molecule has 0 bridgehead atoms. The van der Waals surface area contributed by atoms with E-state index in [9.17, 15) is 13.5 Å². The number of nitrogens with one attached hydrogen (secondary N) is 1. The fourth-order valence-corrected chi connectivity index (χ4v) is 4.14. The van der Waals surface area contributed by atoms with Crippen LogP contribution in [-0.4, -0.2) is 54.5 Å². The Labute approximate surface area is 144 Å². The summed E-state index contributed by atoms with van der Waals surface area (Å²) in [4.78, 5) is 6.66. The minimum absolute atomic E-state index is 0.0166. The first-order valence-corrected chi connectivity index (χ1v) is 9.89. The summed E-state index contributed by atoms with van der Waals surface area (Å²) in [7, 11) is -3.08. The normalized spacial score (nSPS) is 20.0. The number of hydrogen-bond acceptors (Lipinski definition) is 4. The Kier molecular flexibility index (Phi) is 5.87. The lowest BCUT2D eigenvalue weighted by Gasteiger charge is -2.39. The van der Waals surface area contributed by atoms with E-state index in [0.717, 1.165) is 11.1 Å². The molecule has 1 aromatic rings. The van der Waals surface area contributed by atoms with Gasteiger partial charge in [0.25, 0.3) is 0 Å². The van der Waals surface area contributed by atoms with E-state index in [0.29, 0.717) is 32.1 Å². The highest BCUT2D eigenvalue weighted by Gasteiger charge is 2.40. The number of aliphatic imine (C=N–C) groups is 1. The molecule has 0 saturated carbocycles. The number of hydrogen-bond donors (Lipinski definition) is 2. The predicted octanol–water partition coefficient (Wildman–Crippen LogP) is 1.15. The predicted molar refractivity (Wildman–Crippen MR) is 96.6 cm³/mol. The summed E-state index contributed by atoms with van der Waals surface area (Å²) in [5.41, 5.74) is 1.83. The van der Waals surface area contributed by atoms with Crippen LogP contribution < -0.4 is 5.32 Å². The van der Waals surface area contributed by atoms with Crippen molar-refractivity contribution in [2.24, 2.45) is 4.99 Å². The van der Waals surface area contributed by atoms with E-state index in [4.69, 9.17) is 0 Å². The Balaban J connectivity index is 2.20. The minimum Gasteiger partial charge on any atom is -0.392 e. The van der Waals surface area contributed by atoms with Crippen molar-refractivity contribution in [3.05, 3.63) is 35.4 Å². The van der Waals surface area contributed by atoms with Crippen molar-refractivity contribution in [2.45, 2.75) is 38.7 Å². The molecule has 2 N–H and O–H groups in total. The second kappa shape index (κ2) is 7.53. The maximum Gasteiger partial charge on any atom is 0.194 e. The average molecular weight is 353 g/mol. The van der Waals surface area contributed by atoms with Gasteiger partial charge >= 0.3 is 0 Å². The van der Waals surface area contributed by atoms with Gasteiger partial charge in [-0.2, -0.15) is 0 Å². The van der Waals surface area contributed by atoms with Crippen LogP contribution in [0.5, 0.6) is 0 Å². The van der Waals surface area contributed by atoms with Crippen LogP contribution in [0.2, 0.25) is 0 Å². The summed E-state index contributed by atoms with van der Waals surface area (Å²) < 4.78 is 23.6. The number of aliphatic hydroxyl groups is 1. The summed E-state index contributed by atoms with van der Waals surface area (Å²) in [6.45, 7) is 7.52. The Hall–Kier alpha value is -1.60. The zero-order chi connectivity index (χ0) is 17.8. The van der Waals surface area contributed by atoms with Crippen molar-refractivity contribution in [1.82, 2.24) is 10.2 Å². The molecule has 0 aromatic heterocycles. The zero-order valence-corrected chi connectivity index (χ0v) is 15.4. The van der Waals surface area contributed by atoms with Gasteiger partial charge in [0.15, 0.2) is 15.8 Å². The number of aliphatic hydroxyl groups excluding tert-OH is 1. The molecule has 0 atom stereocenters. The molecule has 0 spiro atoms. The van der Waals surface area contributed by atoms with Crippen LogP contribution in [0.1, 0.15) is 31.9 Å². The lowest BCUT2D eigenvalue weighted by Crippen LogP contribution is -2.57. The lowest BCUT2D eigenvalue weighted by atomic mass is 10.1. The highest BCUT2D eigenvalue weighted by molar-refractivity contribution is 7.92. The Morgan fingerprint density at radius 2 is 2.00 bits per heavy atom. The van der Waals surface area contributed by atoms with Gasteiger partial charge in [-0.1, -0.05) is 24.3 Å². The van der Waals surface area contributed by atoms with Gasteiger partial charge in [0, 0.05) is 19.6 Å². The zero-order valence-electron chi connectivity index (χ0n) is 14.6. The molecule has 0 unspecified atom stereocenters. The summed E-state index contributed by atoms with van der Waals surface area (Å²) in [5.74, 6) is 0.852. The van der Waals surface area contributed by atoms with Gasteiger partial charge in [-0.3, -0.25) is 0 Å². The van der Waals surface area contributed by atoms with E-state index < -0.39 is 14.6 Å². The third-order valence-corrected chi connectivity index (χ3v) is 6.90. The Bertz CT molecular complexity index is 699. The first-order chi connectivity index (χ1) is 11.3. The van der Waals surface area contributed by atoms with E-state index in [1.807, 2.05) is 36.1 Å². The highest BCUT2D eigenvalue weighted by atomic mass is 32.2. The summed E-state index contributed by atoms with van der Waals surface area (Å²) >= 11 is 0. The second-order valence-corrected chi connectivity index (χ2v) is 9.34. The highest BCUT2D eigenvalue weighted by Crippen LogP contribution is 2.24. The van der Waals surface area contributed by atoms with Crippen LogP contribution in [-0.2, 0) is 23.0 Å². The van der Waals surface area contributed by atoms with E-state index >= 15 is 0 Å². The maximum absolute atomic E-state index is 12.2. The SMILES string of the molecule is CCNC(=NCc1ccccc1CO)N1CCS(=O)(=O)C(C)(C)C1. The molecule has 1 saturated heterocycles. The first-order valence-electron chi connectivity index (χ1n) is 8.24. The van der Waals surface area contributed by atoms with E-state index in [2.05, 4.69) is 10.3 Å². The largest absolute Gasteiger partial charge is 0.392 e. The summed E-state index contributed by atoms with van der Waals surface area (Å²) in [6.07, 6.45) is 0. The van der Waals surface area contributed by atoms with Crippen LogP contribution in [0.15, 0.2) is 29.3 Å². The molecule has 6 nitrogen and oxygen atoms in total. The quantitative estimate of drug-likeness (QED) is 0.627. The van der Waals surface area contributed by atoms with Crippen molar-refractivity contribution < 1.29 is 13.5 Å². The molecule has 1 aromatic carbocycles. The van der Waals surface area contributed by atoms with Crippen LogP contribution in [0, 0.1) is 0 Å². The van der Waals surface area contributed by atoms with Crippen molar-refractivity contribution in [3.63, 3.8) is 0 Å². The van der Waals surface area contributed by atoms with Crippen molar-refractivity contribution in [3.8, 4) is 0 Å². The molecule has 0 amide bonds. The van der Waals surface area contributed by atoms with Crippen LogP contribution in [0.25, 0.3) is 0 Å². The van der Waals surface area contributed by atoms with Crippen molar-refractivity contribution in [1.29, 1.82) is 0 Å². The summed E-state index contributed by atoms with van der Waals surface area (Å²) in [6, 6.07) is 7.65. The van der Waals surface area contributed by atoms with Crippen molar-refractivity contribution in [2.75, 3.05) is 25.4 Å². The molecule has 0 radical (unpaired) electrons. The van der Waals surface area contributed by atoms with Gasteiger partial charge < -0.3 is 15.3 Å². The molecule has 1 aliphatic rings. The topological polar surface area (TPSA) is 82.0 Å². The monoisotopic (exact) mass is 353 g/mol. The minimum atomic E-state index is -3.08. The van der Waals surface area contributed by atoms with Crippen LogP contribution in [0.4, 0.5) is 0 Å². The molecule has 1 heterocycles. The van der Waals surface area contributed by atoms with Gasteiger partial charge in [0.1, 0.15) is 0 Å². The first kappa shape index (κ1) is 18.7. The average Bonchev–Trinajstić information content (AvgIpc) is 2.54. The number of benzene rings is 1. The lowest BCUT2D eigenvalue weighted by molar-refractivity contribution is 0.280. The number of nitrogens with zero attached hydrogens (tertiary/aromatic N) is 2. The number of rotatable bonds is 4. The molecule has 134 valence electrons. The fourth-order valence-electron chi connectivity index (χ4n) is 2.78. The van der Waals surface area contributed by atoms with Gasteiger partial charge in [0.05, 0.1) is 23.7 Å². The third-order valence-electron chi connectivity index (χ3n) is 4.37. The summed E-state index contributed by atoms with van der Waals surface area (Å²) in [5, 5.41) is 12.7. The maximum atomic E-state index is 12.2. The Morgan fingerprint density at radius 1 is 1.33 bits per heavy atom. The molecule has 1 aliphatic heterocycles. The standard InChI is InChI=1S/C17H27N3O3S/c1-4-18-16(19-11-14-7-5-6-8-15(14)12-21)20-9-10-24(22,23)17(2,3)13-20/h5-8,21H,4,9-13H2,1-3H3,(H,18,19).